The maximum atomic E-state index is 12.0. The van der Waals surface area contributed by atoms with E-state index in [4.69, 9.17) is 4.74 Å². The summed E-state index contributed by atoms with van der Waals surface area (Å²) in [5.41, 5.74) is 4.00. The van der Waals surface area contributed by atoms with Gasteiger partial charge < -0.3 is 10.1 Å². The number of nitrogens with zero attached hydrogens (tertiary/aromatic N) is 1. The van der Waals surface area contributed by atoms with Crippen molar-refractivity contribution in [1.82, 2.24) is 10.3 Å². The first-order valence-corrected chi connectivity index (χ1v) is 8.34. The van der Waals surface area contributed by atoms with E-state index < -0.39 is 0 Å². The zero-order valence-electron chi connectivity index (χ0n) is 14.7. The minimum absolute atomic E-state index is 0.00692. The molecule has 0 saturated heterocycles. The van der Waals surface area contributed by atoms with Crippen LogP contribution < -0.4 is 10.1 Å². The quantitative estimate of drug-likeness (QED) is 0.940. The molecule has 1 N–H and O–H groups in total. The lowest BCUT2D eigenvalue weighted by Gasteiger charge is -2.19. The zero-order chi connectivity index (χ0) is 17.3. The third-order valence-corrected chi connectivity index (χ3v) is 4.18. The summed E-state index contributed by atoms with van der Waals surface area (Å²) in [6.45, 7) is 8.29. The van der Waals surface area contributed by atoms with Crippen molar-refractivity contribution < 1.29 is 9.53 Å². The molecule has 4 nitrogen and oxygen atoms in total. The molecule has 3 rings (SSSR count). The molecule has 1 unspecified atom stereocenters. The normalized spacial score (nSPS) is 16.4. The number of pyridine rings is 1. The lowest BCUT2D eigenvalue weighted by Crippen LogP contribution is -2.40. The summed E-state index contributed by atoms with van der Waals surface area (Å²) in [7, 11) is 0. The van der Waals surface area contributed by atoms with Crippen molar-refractivity contribution in [3.8, 4) is 17.0 Å². The third-order valence-electron chi connectivity index (χ3n) is 4.18. The Morgan fingerprint density at radius 1 is 1.29 bits per heavy atom. The van der Waals surface area contributed by atoms with Crippen molar-refractivity contribution in [2.45, 2.75) is 40.2 Å². The molecule has 1 aromatic carbocycles. The van der Waals surface area contributed by atoms with Gasteiger partial charge in [-0.3, -0.25) is 9.78 Å². The average Bonchev–Trinajstić information content (AvgIpc) is 2.94. The van der Waals surface area contributed by atoms with Gasteiger partial charge in [-0.15, -0.1) is 0 Å². The average molecular weight is 324 g/mol. The van der Waals surface area contributed by atoms with E-state index in [9.17, 15) is 4.79 Å². The summed E-state index contributed by atoms with van der Waals surface area (Å²) in [6.07, 6.45) is 2.68. The molecule has 126 valence electrons. The Bertz CT molecular complexity index is 745. The van der Waals surface area contributed by atoms with Crippen LogP contribution in [0.15, 0.2) is 36.5 Å². The van der Waals surface area contributed by atoms with E-state index >= 15 is 0 Å². The second-order valence-electron chi connectivity index (χ2n) is 7.45. The summed E-state index contributed by atoms with van der Waals surface area (Å²) in [4.78, 5) is 16.5. The molecule has 0 bridgehead atoms. The molecule has 2 aromatic rings. The van der Waals surface area contributed by atoms with Crippen LogP contribution in [-0.4, -0.2) is 23.5 Å². The molecule has 1 atom stereocenters. The number of fused-ring (bicyclic) bond motifs is 1. The van der Waals surface area contributed by atoms with Gasteiger partial charge in [-0.25, -0.2) is 0 Å². The van der Waals surface area contributed by atoms with Crippen molar-refractivity contribution in [2.24, 2.45) is 5.41 Å². The maximum Gasteiger partial charge on any atom is 0.225 e. The first kappa shape index (κ1) is 16.5. The molecular weight excluding hydrogens is 300 g/mol. The first-order chi connectivity index (χ1) is 11.3. The SMILES string of the molecule is Cc1ccc(-c2ccc3c(c2)CC(CNC(=O)C(C)(C)C)O3)nc1. The molecule has 1 amide bonds. The Hall–Kier alpha value is -2.36. The highest BCUT2D eigenvalue weighted by Crippen LogP contribution is 2.32. The van der Waals surface area contributed by atoms with Crippen LogP contribution in [0.1, 0.15) is 31.9 Å². The smallest absolute Gasteiger partial charge is 0.225 e. The van der Waals surface area contributed by atoms with E-state index in [0.29, 0.717) is 6.54 Å². The van der Waals surface area contributed by atoms with Gasteiger partial charge in [-0.1, -0.05) is 26.8 Å². The molecule has 1 aliphatic heterocycles. The molecule has 0 aliphatic carbocycles. The van der Waals surface area contributed by atoms with Gasteiger partial charge in [0.05, 0.1) is 12.2 Å². The van der Waals surface area contributed by atoms with E-state index in [-0.39, 0.29) is 17.4 Å². The van der Waals surface area contributed by atoms with Gasteiger partial charge in [0.15, 0.2) is 0 Å². The fourth-order valence-electron chi connectivity index (χ4n) is 2.70. The predicted octanol–water partition coefficient (Wildman–Crippen LogP) is 3.52. The van der Waals surface area contributed by atoms with Crippen molar-refractivity contribution in [3.63, 3.8) is 0 Å². The van der Waals surface area contributed by atoms with E-state index in [0.717, 1.165) is 29.0 Å². The number of benzene rings is 1. The van der Waals surface area contributed by atoms with Crippen LogP contribution in [-0.2, 0) is 11.2 Å². The van der Waals surface area contributed by atoms with E-state index in [2.05, 4.69) is 22.4 Å². The van der Waals surface area contributed by atoms with Crippen LogP contribution >= 0.6 is 0 Å². The maximum absolute atomic E-state index is 12.0. The Morgan fingerprint density at radius 3 is 2.75 bits per heavy atom. The van der Waals surface area contributed by atoms with Gasteiger partial charge in [0.2, 0.25) is 5.91 Å². The number of aromatic nitrogens is 1. The Kier molecular flexibility index (Phi) is 4.31. The highest BCUT2D eigenvalue weighted by atomic mass is 16.5. The molecule has 0 radical (unpaired) electrons. The Morgan fingerprint density at radius 2 is 2.08 bits per heavy atom. The second-order valence-corrected chi connectivity index (χ2v) is 7.45. The number of amides is 1. The zero-order valence-corrected chi connectivity index (χ0v) is 14.7. The van der Waals surface area contributed by atoms with Crippen LogP contribution in [0.4, 0.5) is 0 Å². The van der Waals surface area contributed by atoms with Gasteiger partial charge in [0.1, 0.15) is 11.9 Å². The van der Waals surface area contributed by atoms with E-state index in [1.165, 1.54) is 5.56 Å². The minimum Gasteiger partial charge on any atom is -0.488 e. The van der Waals surface area contributed by atoms with Crippen LogP contribution in [0.3, 0.4) is 0 Å². The summed E-state index contributed by atoms with van der Waals surface area (Å²) in [5.74, 6) is 0.951. The highest BCUT2D eigenvalue weighted by Gasteiger charge is 2.26. The summed E-state index contributed by atoms with van der Waals surface area (Å²) >= 11 is 0. The number of aryl methyl sites for hydroxylation is 1. The topological polar surface area (TPSA) is 51.2 Å². The molecule has 2 heterocycles. The Balaban J connectivity index is 1.67. The predicted molar refractivity (Wildman–Crippen MR) is 95.0 cm³/mol. The van der Waals surface area contributed by atoms with E-state index in [1.54, 1.807) is 0 Å². The lowest BCUT2D eigenvalue weighted by molar-refractivity contribution is -0.128. The number of rotatable bonds is 3. The van der Waals surface area contributed by atoms with Crippen molar-refractivity contribution in [1.29, 1.82) is 0 Å². The van der Waals surface area contributed by atoms with E-state index in [1.807, 2.05) is 52.1 Å². The monoisotopic (exact) mass is 324 g/mol. The van der Waals surface area contributed by atoms with Gasteiger partial charge >= 0.3 is 0 Å². The van der Waals surface area contributed by atoms with Gasteiger partial charge in [-0.05, 0) is 42.3 Å². The first-order valence-electron chi connectivity index (χ1n) is 8.34. The largest absolute Gasteiger partial charge is 0.488 e. The van der Waals surface area contributed by atoms with Gasteiger partial charge in [0, 0.05) is 23.6 Å². The summed E-state index contributed by atoms with van der Waals surface area (Å²) < 4.78 is 5.94. The van der Waals surface area contributed by atoms with Crippen molar-refractivity contribution in [2.75, 3.05) is 6.54 Å². The third kappa shape index (κ3) is 3.58. The fraction of sp³-hybridized carbons (Fsp3) is 0.400. The van der Waals surface area contributed by atoms with Crippen LogP contribution in [0.25, 0.3) is 11.3 Å². The van der Waals surface area contributed by atoms with Crippen LogP contribution in [0, 0.1) is 12.3 Å². The Labute approximate surface area is 143 Å². The molecule has 0 fully saturated rings. The second kappa shape index (κ2) is 6.27. The number of hydrogen-bond acceptors (Lipinski definition) is 3. The van der Waals surface area contributed by atoms with Crippen molar-refractivity contribution >= 4 is 5.91 Å². The van der Waals surface area contributed by atoms with Crippen LogP contribution in [0.2, 0.25) is 0 Å². The standard InChI is InChI=1S/C20H24N2O2/c1-13-5-7-17(21-11-13)14-6-8-18-15(9-14)10-16(24-18)12-22-19(23)20(2,3)4/h5-9,11,16H,10,12H2,1-4H3,(H,22,23). The molecule has 24 heavy (non-hydrogen) atoms. The molecule has 0 spiro atoms. The molecule has 4 heteroatoms. The van der Waals surface area contributed by atoms with Gasteiger partial charge in [0.25, 0.3) is 0 Å². The number of hydrogen-bond donors (Lipinski definition) is 1. The highest BCUT2D eigenvalue weighted by molar-refractivity contribution is 5.81. The minimum atomic E-state index is -0.379. The summed E-state index contributed by atoms with van der Waals surface area (Å²) in [6, 6.07) is 10.3. The molecular formula is C20H24N2O2. The van der Waals surface area contributed by atoms with Crippen molar-refractivity contribution in [3.05, 3.63) is 47.7 Å². The summed E-state index contributed by atoms with van der Waals surface area (Å²) in [5, 5.41) is 2.98. The fourth-order valence-corrected chi connectivity index (χ4v) is 2.70. The number of carbonyl (C=O) groups excluding carboxylic acids is 1. The van der Waals surface area contributed by atoms with Crippen LogP contribution in [0.5, 0.6) is 5.75 Å². The van der Waals surface area contributed by atoms with Gasteiger partial charge in [-0.2, -0.15) is 0 Å². The number of ether oxygens (including phenoxy) is 1. The number of nitrogens with one attached hydrogen (secondary N) is 1. The molecule has 1 aliphatic rings. The number of carbonyl (C=O) groups is 1. The molecule has 0 saturated carbocycles. The molecule has 1 aromatic heterocycles. The lowest BCUT2D eigenvalue weighted by atomic mass is 9.95.